The Labute approximate surface area is 254 Å². The summed E-state index contributed by atoms with van der Waals surface area (Å²) in [5.41, 5.74) is 2.44. The number of thioether (sulfide) groups is 1. The minimum atomic E-state index is -0.488. The Kier molecular flexibility index (Phi) is 7.04. The molecule has 2 saturated heterocycles. The Morgan fingerprint density at radius 2 is 1.84 bits per heavy atom. The second-order valence-electron chi connectivity index (χ2n) is 10.8. The lowest BCUT2D eigenvalue weighted by atomic mass is 10.0. The molecule has 0 spiro atoms. The van der Waals surface area contributed by atoms with Crippen molar-refractivity contribution in [3.63, 3.8) is 0 Å². The summed E-state index contributed by atoms with van der Waals surface area (Å²) >= 11 is 1.81. The summed E-state index contributed by atoms with van der Waals surface area (Å²) in [6.45, 7) is 0. The number of benzene rings is 2. The number of amides is 4. The monoisotopic (exact) mass is 617 g/mol. The number of fused-ring (bicyclic) bond motifs is 4. The van der Waals surface area contributed by atoms with E-state index in [1.54, 1.807) is 48.5 Å². The standard InChI is InChI=1S/C28H27N9O6S/c38-23(10-4-9-22-24-18(14-44-22)31-28(40)32-24)29-15-5-3-6-16(13-15)30-27(39)17-7-1-2-8-19(17)35-33-25-20(36(35)41)11-12-21-26(25)34-43-37(21)42/h1-3,5-8,13,18,22,24H,4,9-12,14H2,(H,29,38)(H,30,39)(H2,31,32,40)/t18-,22-,24-/m1/s1. The molecular formula is C28H27N9O6S. The quantitative estimate of drug-likeness (QED) is 0.128. The fourth-order valence-corrected chi connectivity index (χ4v) is 7.43. The molecule has 2 aromatic carbocycles. The van der Waals surface area contributed by atoms with Crippen molar-refractivity contribution < 1.29 is 28.8 Å². The van der Waals surface area contributed by atoms with Gasteiger partial charge in [0.05, 0.1) is 27.9 Å². The first-order valence-corrected chi connectivity index (χ1v) is 15.2. The van der Waals surface area contributed by atoms with Crippen LogP contribution in [0.5, 0.6) is 0 Å². The van der Waals surface area contributed by atoms with Gasteiger partial charge in [-0.15, -0.1) is 4.85 Å². The second kappa shape index (κ2) is 11.2. The second-order valence-corrected chi connectivity index (χ2v) is 12.1. The van der Waals surface area contributed by atoms with E-state index < -0.39 is 5.91 Å². The summed E-state index contributed by atoms with van der Waals surface area (Å²) in [7, 11) is 0. The van der Waals surface area contributed by atoms with Crippen molar-refractivity contribution in [1.82, 2.24) is 25.7 Å². The van der Waals surface area contributed by atoms with Crippen LogP contribution in [0.3, 0.4) is 0 Å². The SMILES string of the molecule is O=C(CCC[C@H]1SC[C@H]2NC(=O)N[C@H]21)Nc1cccc(NC(=O)c2ccccc2-n2nc3c([n+]2[O-])CCc2c-3no[n+]2[O-])c1. The molecule has 7 rings (SSSR count). The molecule has 15 nitrogen and oxygen atoms in total. The topological polar surface area (TPSA) is 197 Å². The largest absolute Gasteiger partial charge is 0.692 e. The molecule has 1 aliphatic carbocycles. The average molecular weight is 618 g/mol. The molecule has 4 heterocycles. The molecule has 0 bridgehead atoms. The summed E-state index contributed by atoms with van der Waals surface area (Å²) in [4.78, 5) is 39.6. The lowest BCUT2D eigenvalue weighted by Gasteiger charge is -2.16. The Morgan fingerprint density at radius 3 is 2.70 bits per heavy atom. The number of carbonyl (C=O) groups excluding carboxylic acids is 3. The molecule has 0 saturated carbocycles. The van der Waals surface area contributed by atoms with Crippen LogP contribution in [0.15, 0.2) is 53.2 Å². The molecule has 0 radical (unpaired) electrons. The first kappa shape index (κ1) is 27.7. The number of nitrogens with one attached hydrogen (secondary N) is 4. The average Bonchev–Trinajstić information content (AvgIpc) is 3.76. The number of hydrogen-bond acceptors (Lipinski definition) is 9. The summed E-state index contributed by atoms with van der Waals surface area (Å²) in [6, 6.07) is 13.4. The van der Waals surface area contributed by atoms with Gasteiger partial charge >= 0.3 is 17.4 Å². The smallest absolute Gasteiger partial charge is 0.315 e. The van der Waals surface area contributed by atoms with Crippen LogP contribution < -0.4 is 31.0 Å². The first-order chi connectivity index (χ1) is 21.4. The minimum absolute atomic E-state index is 0.103. The molecule has 4 aromatic rings. The van der Waals surface area contributed by atoms with Crippen LogP contribution in [0, 0.1) is 10.4 Å². The van der Waals surface area contributed by atoms with Gasteiger partial charge in [-0.2, -0.15) is 11.8 Å². The van der Waals surface area contributed by atoms with E-state index in [1.807, 2.05) is 11.8 Å². The fourth-order valence-electron chi connectivity index (χ4n) is 5.88. The number of anilines is 2. The molecular weight excluding hydrogens is 590 g/mol. The van der Waals surface area contributed by atoms with Crippen molar-refractivity contribution in [2.75, 3.05) is 16.4 Å². The van der Waals surface area contributed by atoms with Gasteiger partial charge in [0.2, 0.25) is 11.6 Å². The van der Waals surface area contributed by atoms with Crippen LogP contribution >= 0.6 is 11.8 Å². The highest BCUT2D eigenvalue weighted by Crippen LogP contribution is 2.33. The Hall–Kier alpha value is -5.12. The van der Waals surface area contributed by atoms with E-state index in [2.05, 4.69) is 31.5 Å². The Morgan fingerprint density at radius 1 is 1.05 bits per heavy atom. The summed E-state index contributed by atoms with van der Waals surface area (Å²) in [5.74, 6) is 0.237. The Balaban J connectivity index is 1.01. The maximum atomic E-state index is 13.4. The summed E-state index contributed by atoms with van der Waals surface area (Å²) < 4.78 is 4.69. The van der Waals surface area contributed by atoms with Crippen molar-refractivity contribution >= 4 is 41.0 Å². The van der Waals surface area contributed by atoms with Gasteiger partial charge in [0.25, 0.3) is 5.91 Å². The lowest BCUT2D eigenvalue weighted by molar-refractivity contribution is -0.808. The van der Waals surface area contributed by atoms with Gasteiger partial charge in [-0.25, -0.2) is 4.79 Å². The lowest BCUT2D eigenvalue weighted by Crippen LogP contribution is -2.42. The fraction of sp³-hybridized carbons (Fsp3) is 0.321. The van der Waals surface area contributed by atoms with Crippen molar-refractivity contribution in [2.45, 2.75) is 49.4 Å². The molecule has 4 N–H and O–H groups in total. The highest BCUT2D eigenvalue weighted by atomic mass is 32.2. The highest BCUT2D eigenvalue weighted by Gasteiger charge is 2.43. The number of hydrogen-bond donors (Lipinski definition) is 4. The zero-order chi connectivity index (χ0) is 30.4. The van der Waals surface area contributed by atoms with Crippen LogP contribution in [-0.2, 0) is 17.6 Å². The van der Waals surface area contributed by atoms with Crippen molar-refractivity contribution in [3.8, 4) is 17.1 Å². The highest BCUT2D eigenvalue weighted by molar-refractivity contribution is 8.00. The molecule has 3 aliphatic rings. The number of rotatable bonds is 8. The van der Waals surface area contributed by atoms with Crippen LogP contribution in [0.2, 0.25) is 0 Å². The van der Waals surface area contributed by atoms with Crippen molar-refractivity contribution in [1.29, 1.82) is 0 Å². The predicted molar refractivity (Wildman–Crippen MR) is 157 cm³/mol. The van der Waals surface area contributed by atoms with E-state index in [-0.39, 0.29) is 64.8 Å². The predicted octanol–water partition coefficient (Wildman–Crippen LogP) is 1.42. The molecule has 44 heavy (non-hydrogen) atoms. The van der Waals surface area contributed by atoms with Gasteiger partial charge in [0, 0.05) is 41.6 Å². The molecule has 2 aliphatic heterocycles. The number of carbonyl (C=O) groups is 3. The van der Waals surface area contributed by atoms with Crippen LogP contribution in [-0.4, -0.2) is 56.0 Å². The molecule has 2 aromatic heterocycles. The van der Waals surface area contributed by atoms with Gasteiger partial charge < -0.3 is 31.7 Å². The normalized spacial score (nSPS) is 19.8. The summed E-state index contributed by atoms with van der Waals surface area (Å²) in [6.07, 6.45) is 2.36. The van der Waals surface area contributed by atoms with Gasteiger partial charge in [-0.1, -0.05) is 18.2 Å². The summed E-state index contributed by atoms with van der Waals surface area (Å²) in [5, 5.41) is 45.1. The zero-order valence-corrected chi connectivity index (χ0v) is 24.0. The first-order valence-electron chi connectivity index (χ1n) is 14.2. The molecule has 2 fully saturated rings. The number of urea groups is 1. The van der Waals surface area contributed by atoms with E-state index in [0.717, 1.165) is 17.0 Å². The van der Waals surface area contributed by atoms with Gasteiger partial charge in [-0.05, 0) is 52.9 Å². The third kappa shape index (κ3) is 5.06. The van der Waals surface area contributed by atoms with Crippen LogP contribution in [0.25, 0.3) is 17.1 Å². The molecule has 0 unspecified atom stereocenters. The van der Waals surface area contributed by atoms with E-state index in [0.29, 0.717) is 45.4 Å². The zero-order valence-electron chi connectivity index (χ0n) is 23.2. The van der Waals surface area contributed by atoms with E-state index in [9.17, 15) is 24.8 Å². The number of nitrogens with zero attached hydrogens (tertiary/aromatic N) is 5. The van der Waals surface area contributed by atoms with Gasteiger partial charge in [-0.3, -0.25) is 14.2 Å². The van der Waals surface area contributed by atoms with Gasteiger partial charge in [0.15, 0.2) is 5.69 Å². The van der Waals surface area contributed by atoms with Crippen LogP contribution in [0.4, 0.5) is 16.2 Å². The van der Waals surface area contributed by atoms with Crippen molar-refractivity contribution in [3.05, 3.63) is 75.9 Å². The number of para-hydroxylation sites is 1. The van der Waals surface area contributed by atoms with E-state index >= 15 is 0 Å². The molecule has 3 atom stereocenters. The third-order valence-corrected chi connectivity index (χ3v) is 9.50. The van der Waals surface area contributed by atoms with Crippen molar-refractivity contribution in [2.24, 2.45) is 0 Å². The maximum Gasteiger partial charge on any atom is 0.315 e. The number of aromatic nitrogens is 5. The van der Waals surface area contributed by atoms with E-state index in [4.69, 9.17) is 4.63 Å². The minimum Gasteiger partial charge on any atom is -0.692 e. The maximum absolute atomic E-state index is 13.4. The molecule has 226 valence electrons. The Bertz CT molecular complexity index is 1790. The van der Waals surface area contributed by atoms with Gasteiger partial charge in [0.1, 0.15) is 5.69 Å². The molecule has 4 amide bonds. The van der Waals surface area contributed by atoms with E-state index in [1.165, 1.54) is 0 Å². The third-order valence-electron chi connectivity index (χ3n) is 7.99. The molecule has 16 heteroatoms. The van der Waals surface area contributed by atoms with Crippen LogP contribution in [0.1, 0.15) is 41.0 Å².